The first-order valence-electron chi connectivity index (χ1n) is 9.52. The molecule has 0 aliphatic carbocycles. The highest BCUT2D eigenvalue weighted by molar-refractivity contribution is 9.10. The Morgan fingerprint density at radius 3 is 2.61 bits per heavy atom. The molecule has 0 unspecified atom stereocenters. The minimum atomic E-state index is -0.833. The highest BCUT2D eigenvalue weighted by Gasteiger charge is 2.23. The quantitative estimate of drug-likeness (QED) is 0.398. The Balaban J connectivity index is 1.73. The Hall–Kier alpha value is -2.84. The van der Waals surface area contributed by atoms with Crippen molar-refractivity contribution in [3.05, 3.63) is 80.8 Å². The SMILES string of the molecule is COC(=O)[C@@H](Cc1ccc(Cl)cc1)NC(=O)c1cc(Br)cc(NCc2nc[nH]c2C)c1. The predicted octanol–water partition coefficient (Wildman–Crippen LogP) is 4.26. The number of halogens is 2. The third-order valence-corrected chi connectivity index (χ3v) is 5.41. The van der Waals surface area contributed by atoms with E-state index in [0.717, 1.165) is 27.1 Å². The number of nitrogens with one attached hydrogen (secondary N) is 3. The lowest BCUT2D eigenvalue weighted by molar-refractivity contribution is -0.142. The Bertz CT molecular complexity index is 1070. The van der Waals surface area contributed by atoms with E-state index in [2.05, 4.69) is 36.5 Å². The maximum absolute atomic E-state index is 12.9. The van der Waals surface area contributed by atoms with Crippen LogP contribution >= 0.6 is 27.5 Å². The molecule has 0 spiro atoms. The molecule has 1 atom stereocenters. The van der Waals surface area contributed by atoms with Crippen LogP contribution in [0.2, 0.25) is 5.02 Å². The van der Waals surface area contributed by atoms with Crippen molar-refractivity contribution < 1.29 is 14.3 Å². The van der Waals surface area contributed by atoms with Crippen LogP contribution in [0.15, 0.2) is 53.3 Å². The number of methoxy groups -OCH3 is 1. The fourth-order valence-corrected chi connectivity index (χ4v) is 3.63. The first-order valence-corrected chi connectivity index (χ1v) is 10.7. The average Bonchev–Trinajstić information content (AvgIpc) is 3.17. The number of ether oxygens (including phenoxy) is 1. The molecule has 0 saturated heterocycles. The van der Waals surface area contributed by atoms with Gasteiger partial charge in [-0.3, -0.25) is 4.79 Å². The molecule has 31 heavy (non-hydrogen) atoms. The minimum Gasteiger partial charge on any atom is -0.467 e. The number of hydrogen-bond acceptors (Lipinski definition) is 5. The summed E-state index contributed by atoms with van der Waals surface area (Å²) in [4.78, 5) is 32.4. The Morgan fingerprint density at radius 2 is 1.97 bits per heavy atom. The molecule has 3 N–H and O–H groups in total. The number of nitrogens with zero attached hydrogens (tertiary/aromatic N) is 1. The van der Waals surface area contributed by atoms with Crippen LogP contribution in [0.3, 0.4) is 0 Å². The molecule has 1 heterocycles. The van der Waals surface area contributed by atoms with Gasteiger partial charge in [0.15, 0.2) is 0 Å². The van der Waals surface area contributed by atoms with Crippen LogP contribution in [-0.4, -0.2) is 35.0 Å². The van der Waals surface area contributed by atoms with Gasteiger partial charge in [0.1, 0.15) is 6.04 Å². The van der Waals surface area contributed by atoms with Crippen molar-refractivity contribution in [1.82, 2.24) is 15.3 Å². The zero-order valence-corrected chi connectivity index (χ0v) is 19.4. The van der Waals surface area contributed by atoms with Crippen molar-refractivity contribution in [3.8, 4) is 0 Å². The van der Waals surface area contributed by atoms with Gasteiger partial charge in [-0.15, -0.1) is 0 Å². The van der Waals surface area contributed by atoms with Crippen molar-refractivity contribution in [2.24, 2.45) is 0 Å². The molecule has 0 aliphatic heterocycles. The monoisotopic (exact) mass is 504 g/mol. The van der Waals surface area contributed by atoms with Gasteiger partial charge in [-0.1, -0.05) is 39.7 Å². The van der Waals surface area contributed by atoms with E-state index in [0.29, 0.717) is 17.1 Å². The van der Waals surface area contributed by atoms with Crippen LogP contribution < -0.4 is 10.6 Å². The molecule has 9 heteroatoms. The molecule has 2 aromatic carbocycles. The zero-order chi connectivity index (χ0) is 22.4. The van der Waals surface area contributed by atoms with Crippen LogP contribution in [0.25, 0.3) is 0 Å². The summed E-state index contributed by atoms with van der Waals surface area (Å²) in [7, 11) is 1.29. The molecule has 7 nitrogen and oxygen atoms in total. The second-order valence-electron chi connectivity index (χ2n) is 6.94. The molecule has 0 bridgehead atoms. The van der Waals surface area contributed by atoms with Gasteiger partial charge < -0.3 is 20.4 Å². The summed E-state index contributed by atoms with van der Waals surface area (Å²) in [5, 5.41) is 6.63. The zero-order valence-electron chi connectivity index (χ0n) is 17.0. The highest BCUT2D eigenvalue weighted by atomic mass is 79.9. The summed E-state index contributed by atoms with van der Waals surface area (Å²) in [5.74, 6) is -0.907. The van der Waals surface area contributed by atoms with Crippen LogP contribution in [0, 0.1) is 6.92 Å². The number of aryl methyl sites for hydroxylation is 1. The van der Waals surface area contributed by atoms with Crippen LogP contribution in [-0.2, 0) is 22.5 Å². The molecule has 0 saturated carbocycles. The maximum Gasteiger partial charge on any atom is 0.328 e. The topological polar surface area (TPSA) is 96.1 Å². The van der Waals surface area contributed by atoms with Gasteiger partial charge in [-0.2, -0.15) is 0 Å². The number of esters is 1. The standard InChI is InChI=1S/C22H22BrClN4O3/c1-13-20(27-12-26-13)11-25-18-9-15(8-16(23)10-18)21(29)28-19(22(30)31-2)7-14-3-5-17(24)6-4-14/h3-6,8-10,12,19,25H,7,11H2,1-2H3,(H,26,27)(H,28,29)/t19-/m1/s1. The Labute approximate surface area is 193 Å². The molecule has 0 aliphatic rings. The lowest BCUT2D eigenvalue weighted by Crippen LogP contribution is -2.43. The Kier molecular flexibility index (Phi) is 7.70. The third-order valence-electron chi connectivity index (χ3n) is 4.70. The van der Waals surface area contributed by atoms with Crippen molar-refractivity contribution in [2.75, 3.05) is 12.4 Å². The first kappa shape index (κ1) is 22.8. The number of aromatic amines is 1. The molecule has 0 radical (unpaired) electrons. The largest absolute Gasteiger partial charge is 0.467 e. The molecule has 1 aromatic heterocycles. The molecule has 3 rings (SSSR count). The molecule has 1 amide bonds. The molecule has 3 aromatic rings. The number of hydrogen-bond donors (Lipinski definition) is 3. The average molecular weight is 506 g/mol. The van der Waals surface area contributed by atoms with Crippen molar-refractivity contribution in [2.45, 2.75) is 25.9 Å². The number of amides is 1. The van der Waals surface area contributed by atoms with Crippen LogP contribution in [0.1, 0.15) is 27.3 Å². The molecular formula is C22H22BrClN4O3. The summed E-state index contributed by atoms with van der Waals surface area (Å²) < 4.78 is 5.60. The number of aromatic nitrogens is 2. The number of H-pyrrole nitrogens is 1. The predicted molar refractivity (Wildman–Crippen MR) is 123 cm³/mol. The summed E-state index contributed by atoms with van der Waals surface area (Å²) in [6.07, 6.45) is 1.92. The van der Waals surface area contributed by atoms with Gasteiger partial charge in [0.25, 0.3) is 5.91 Å². The van der Waals surface area contributed by atoms with Crippen molar-refractivity contribution in [1.29, 1.82) is 0 Å². The fraction of sp³-hybridized carbons (Fsp3) is 0.227. The van der Waals surface area contributed by atoms with E-state index in [9.17, 15) is 9.59 Å². The van der Waals surface area contributed by atoms with E-state index in [1.54, 1.807) is 30.6 Å². The van der Waals surface area contributed by atoms with E-state index in [1.807, 2.05) is 25.1 Å². The van der Waals surface area contributed by atoms with Gasteiger partial charge in [-0.05, 0) is 42.8 Å². The van der Waals surface area contributed by atoms with Crippen LogP contribution in [0.5, 0.6) is 0 Å². The van der Waals surface area contributed by atoms with E-state index in [-0.39, 0.29) is 12.3 Å². The third kappa shape index (κ3) is 6.32. The van der Waals surface area contributed by atoms with Gasteiger partial charge >= 0.3 is 5.97 Å². The van der Waals surface area contributed by atoms with Crippen molar-refractivity contribution in [3.63, 3.8) is 0 Å². The van der Waals surface area contributed by atoms with E-state index in [1.165, 1.54) is 7.11 Å². The lowest BCUT2D eigenvalue weighted by atomic mass is 10.1. The van der Waals surface area contributed by atoms with Crippen molar-refractivity contribution >= 4 is 45.1 Å². The number of carbonyl (C=O) groups is 2. The number of carbonyl (C=O) groups excluding carboxylic acids is 2. The lowest BCUT2D eigenvalue weighted by Gasteiger charge is -2.17. The van der Waals surface area contributed by atoms with Crippen LogP contribution in [0.4, 0.5) is 5.69 Å². The minimum absolute atomic E-state index is 0.285. The van der Waals surface area contributed by atoms with Gasteiger partial charge in [0.05, 0.1) is 25.7 Å². The van der Waals surface area contributed by atoms with Gasteiger partial charge in [0.2, 0.25) is 0 Å². The highest BCUT2D eigenvalue weighted by Crippen LogP contribution is 2.21. The van der Waals surface area contributed by atoms with E-state index in [4.69, 9.17) is 16.3 Å². The molecule has 0 fully saturated rings. The van der Waals surface area contributed by atoms with E-state index >= 15 is 0 Å². The molecular weight excluding hydrogens is 484 g/mol. The Morgan fingerprint density at radius 1 is 1.23 bits per heavy atom. The van der Waals surface area contributed by atoms with Gasteiger partial charge in [-0.25, -0.2) is 9.78 Å². The van der Waals surface area contributed by atoms with Gasteiger partial charge in [0, 0.05) is 32.9 Å². The maximum atomic E-state index is 12.9. The normalized spacial score (nSPS) is 11.6. The first-order chi connectivity index (χ1) is 14.9. The summed E-state index contributed by atoms with van der Waals surface area (Å²) in [5.41, 5.74) is 3.87. The number of benzene rings is 2. The summed E-state index contributed by atoms with van der Waals surface area (Å²) in [6.45, 7) is 2.45. The number of anilines is 1. The number of imidazole rings is 1. The van der Waals surface area contributed by atoms with E-state index < -0.39 is 12.0 Å². The second-order valence-corrected chi connectivity index (χ2v) is 8.29. The second kappa shape index (κ2) is 10.5. The summed E-state index contributed by atoms with van der Waals surface area (Å²) in [6, 6.07) is 11.5. The summed E-state index contributed by atoms with van der Waals surface area (Å²) >= 11 is 9.36. The smallest absolute Gasteiger partial charge is 0.328 e. The number of rotatable bonds is 8. The fourth-order valence-electron chi connectivity index (χ4n) is 3.01. The molecule has 162 valence electrons.